The van der Waals surface area contributed by atoms with Gasteiger partial charge in [-0.3, -0.25) is 24.0 Å². The van der Waals surface area contributed by atoms with E-state index >= 15 is 0 Å². The zero-order valence-corrected chi connectivity index (χ0v) is 22.2. The predicted octanol–water partition coefficient (Wildman–Crippen LogP) is 5.12. The van der Waals surface area contributed by atoms with Crippen LogP contribution < -0.4 is 4.74 Å². The monoisotopic (exact) mass is 578 g/mol. The Bertz CT molecular complexity index is 1060. The highest BCUT2D eigenvalue weighted by molar-refractivity contribution is 6.69. The molecule has 12 heteroatoms. The van der Waals surface area contributed by atoms with E-state index in [0.717, 1.165) is 0 Å². The summed E-state index contributed by atoms with van der Waals surface area (Å²) in [7, 11) is 0. The molecule has 2 aromatic carbocycles. The Hall–Kier alpha value is -2.59. The summed E-state index contributed by atoms with van der Waals surface area (Å²) in [4.78, 5) is 53.8. The molecule has 2 aromatic rings. The van der Waals surface area contributed by atoms with Crippen LogP contribution in [0, 0.1) is 0 Å². The van der Waals surface area contributed by atoms with Crippen LogP contribution in [0.4, 0.5) is 0 Å². The molecule has 194 valence electrons. The van der Waals surface area contributed by atoms with E-state index in [2.05, 4.69) is 0 Å². The zero-order valence-electron chi connectivity index (χ0n) is 19.2. The molecule has 0 saturated heterocycles. The van der Waals surface area contributed by atoms with Crippen LogP contribution in [0.2, 0.25) is 0 Å². The molecule has 0 aliphatic heterocycles. The lowest BCUT2D eigenvalue weighted by molar-refractivity contribution is -0.131. The average Bonchev–Trinajstić information content (AvgIpc) is 2.77. The fraction of sp³-hybridized carbons (Fsp3) is 0.208. The summed E-state index contributed by atoms with van der Waals surface area (Å²) in [6.07, 6.45) is 2.18. The van der Waals surface area contributed by atoms with Gasteiger partial charge < -0.3 is 14.9 Å². The normalized spacial score (nSPS) is 11.7. The number of ether oxygens (including phenoxy) is 1. The predicted molar refractivity (Wildman–Crippen MR) is 137 cm³/mol. The summed E-state index contributed by atoms with van der Waals surface area (Å²) in [6, 6.07) is 9.64. The van der Waals surface area contributed by atoms with Gasteiger partial charge in [-0.25, -0.2) is 0 Å². The Morgan fingerprint density at radius 1 is 0.694 bits per heavy atom. The number of aliphatic hydroxyl groups excluding tert-OH is 2. The van der Waals surface area contributed by atoms with Crippen molar-refractivity contribution in [2.45, 2.75) is 33.0 Å². The third kappa shape index (κ3) is 14.7. The Labute approximate surface area is 227 Å². The lowest BCUT2D eigenvalue weighted by atomic mass is 10.1. The van der Waals surface area contributed by atoms with Crippen LogP contribution in [0.15, 0.2) is 54.6 Å². The topological polar surface area (TPSA) is 135 Å². The number of benzene rings is 2. The molecule has 0 amide bonds. The van der Waals surface area contributed by atoms with Crippen LogP contribution in [0.25, 0.3) is 0 Å². The molecular formula is C24H22Cl4O8. The minimum Gasteiger partial charge on any atom is -0.427 e. The molecule has 0 fully saturated rings. The van der Waals surface area contributed by atoms with Gasteiger partial charge in [0.1, 0.15) is 5.75 Å². The molecular weight excluding hydrogens is 558 g/mol. The number of halogens is 4. The number of carbonyl (C=O) groups is 5. The molecule has 8 nitrogen and oxygen atoms in total. The first-order chi connectivity index (χ1) is 16.6. The van der Waals surface area contributed by atoms with E-state index in [1.165, 1.54) is 43.3 Å². The second kappa shape index (κ2) is 17.0. The Morgan fingerprint density at radius 3 is 1.31 bits per heavy atom. The summed E-state index contributed by atoms with van der Waals surface area (Å²) in [5, 5.41) is 14.5. The van der Waals surface area contributed by atoms with Gasteiger partial charge in [0.15, 0.2) is 0 Å². The Kier molecular flexibility index (Phi) is 15.7. The lowest BCUT2D eigenvalue weighted by Gasteiger charge is -2.04. The minimum atomic E-state index is -0.770. The van der Waals surface area contributed by atoms with Crippen molar-refractivity contribution in [2.24, 2.45) is 0 Å². The molecule has 0 aliphatic carbocycles. The van der Waals surface area contributed by atoms with Crippen molar-refractivity contribution < 1.29 is 38.9 Å². The molecule has 0 heterocycles. The molecule has 36 heavy (non-hydrogen) atoms. The van der Waals surface area contributed by atoms with E-state index in [-0.39, 0.29) is 28.0 Å². The summed E-state index contributed by atoms with van der Waals surface area (Å²) in [5.74, 6) is -0.532. The molecule has 0 radical (unpaired) electrons. The number of hydrogen-bond donors (Lipinski definition) is 2. The molecule has 2 unspecified atom stereocenters. The molecule has 2 rings (SSSR count). The van der Waals surface area contributed by atoms with E-state index in [0.29, 0.717) is 0 Å². The van der Waals surface area contributed by atoms with Crippen LogP contribution in [0.3, 0.4) is 0 Å². The molecule has 0 aliphatic rings. The molecule has 2 atom stereocenters. The summed E-state index contributed by atoms with van der Waals surface area (Å²) < 4.78 is 4.74. The van der Waals surface area contributed by atoms with Crippen molar-refractivity contribution in [1.29, 1.82) is 0 Å². The molecule has 0 aromatic heterocycles. The first-order valence-electron chi connectivity index (χ1n) is 9.91. The van der Waals surface area contributed by atoms with Gasteiger partial charge >= 0.3 is 5.97 Å². The highest BCUT2D eigenvalue weighted by atomic mass is 35.5. The van der Waals surface area contributed by atoms with Crippen LogP contribution in [0.5, 0.6) is 5.75 Å². The number of esters is 1. The van der Waals surface area contributed by atoms with Crippen LogP contribution >= 0.6 is 46.4 Å². The smallest absolute Gasteiger partial charge is 0.308 e. The lowest BCUT2D eigenvalue weighted by Crippen LogP contribution is -2.04. The molecule has 0 saturated carbocycles. The van der Waals surface area contributed by atoms with E-state index < -0.39 is 39.1 Å². The molecule has 2 N–H and O–H groups in total. The van der Waals surface area contributed by atoms with Gasteiger partial charge in [-0.1, -0.05) is 30.4 Å². The van der Waals surface area contributed by atoms with Crippen LogP contribution in [-0.2, 0) is 4.79 Å². The van der Waals surface area contributed by atoms with Crippen molar-refractivity contribution >= 4 is 73.3 Å². The number of rotatable bonds is 7. The average molecular weight is 580 g/mol. The van der Waals surface area contributed by atoms with Crippen molar-refractivity contribution in [2.75, 3.05) is 0 Å². The third-order valence-corrected chi connectivity index (χ3v) is 4.48. The zero-order chi connectivity index (χ0) is 28.0. The molecule has 0 spiro atoms. The van der Waals surface area contributed by atoms with Crippen molar-refractivity contribution in [3.05, 3.63) is 76.9 Å². The maximum atomic E-state index is 10.9. The second-order valence-corrected chi connectivity index (χ2v) is 8.25. The highest BCUT2D eigenvalue weighted by Gasteiger charge is 2.12. The maximum absolute atomic E-state index is 10.9. The van der Waals surface area contributed by atoms with Crippen molar-refractivity contribution in [3.63, 3.8) is 0 Å². The van der Waals surface area contributed by atoms with E-state index in [1.54, 1.807) is 32.1 Å². The largest absolute Gasteiger partial charge is 0.427 e. The van der Waals surface area contributed by atoms with Crippen LogP contribution in [0.1, 0.15) is 62.2 Å². The first kappa shape index (κ1) is 33.4. The van der Waals surface area contributed by atoms with Gasteiger partial charge in [-0.15, -0.1) is 0 Å². The van der Waals surface area contributed by atoms with E-state index in [4.69, 9.17) is 61.4 Å². The quantitative estimate of drug-likeness (QED) is 0.200. The third-order valence-electron chi connectivity index (χ3n) is 3.61. The van der Waals surface area contributed by atoms with E-state index in [1.807, 2.05) is 0 Å². The summed E-state index contributed by atoms with van der Waals surface area (Å²) in [5.41, 5.74) is 0.597. The minimum absolute atomic E-state index is 0.0319. The summed E-state index contributed by atoms with van der Waals surface area (Å²) >= 11 is 20.9. The fourth-order valence-electron chi connectivity index (χ4n) is 2.14. The van der Waals surface area contributed by atoms with Gasteiger partial charge in [-0.05, 0) is 84.5 Å². The van der Waals surface area contributed by atoms with Gasteiger partial charge in [0.25, 0.3) is 21.0 Å². The number of carbonyl (C=O) groups excluding carboxylic acids is 5. The Morgan fingerprint density at radius 2 is 1.03 bits per heavy atom. The Balaban J connectivity index is 0.000000542. The van der Waals surface area contributed by atoms with Gasteiger partial charge in [0.05, 0.1) is 12.2 Å². The van der Waals surface area contributed by atoms with Gasteiger partial charge in [0, 0.05) is 29.2 Å². The first-order valence-corrected chi connectivity index (χ1v) is 11.4. The highest BCUT2D eigenvalue weighted by Crippen LogP contribution is 2.20. The fourth-order valence-corrected chi connectivity index (χ4v) is 2.59. The maximum Gasteiger partial charge on any atom is 0.308 e. The standard InChI is InChI=1S/C10H6Cl2O4.C8H4Cl2O2.C6H12O2/c1-5(13)16-8-3-6(9(11)14)2-7(4-8)10(12)15;9-7(11)5-2-1-3-6(4-5)8(10)12;1-5(7)3-4-6(2)8/h2-4H,1H3;1-4H;3-8H,1-2H3/b;;4-3+. The van der Waals surface area contributed by atoms with Gasteiger partial charge in [0.2, 0.25) is 0 Å². The second-order valence-electron chi connectivity index (χ2n) is 6.88. The van der Waals surface area contributed by atoms with Crippen molar-refractivity contribution in [1.82, 2.24) is 0 Å². The SMILES string of the molecule is CC(=O)Oc1cc(C(=O)Cl)cc(C(=O)Cl)c1.CC(O)/C=C/C(C)O.O=C(Cl)c1cccc(C(=O)Cl)c1. The van der Waals surface area contributed by atoms with Crippen LogP contribution in [-0.4, -0.2) is 49.4 Å². The molecule has 0 bridgehead atoms. The van der Waals surface area contributed by atoms with Crippen molar-refractivity contribution in [3.8, 4) is 5.75 Å². The van der Waals surface area contributed by atoms with E-state index in [9.17, 15) is 24.0 Å². The number of hydrogen-bond acceptors (Lipinski definition) is 8. The number of aliphatic hydroxyl groups is 2. The summed E-state index contributed by atoms with van der Waals surface area (Å²) in [6.45, 7) is 4.47. The van der Waals surface area contributed by atoms with Gasteiger partial charge in [-0.2, -0.15) is 0 Å².